The topological polar surface area (TPSA) is 104 Å². The lowest BCUT2D eigenvalue weighted by molar-refractivity contribution is 0.312. The molecule has 168 valence electrons. The predicted molar refractivity (Wildman–Crippen MR) is 110 cm³/mol. The van der Waals surface area contributed by atoms with Crippen LogP contribution in [0.15, 0.2) is 14.4 Å². The largest absolute Gasteiger partial charge is 0.368 e. The Morgan fingerprint density at radius 3 is 1.03 bits per heavy atom. The molecule has 1 aromatic rings. The first-order valence-corrected chi connectivity index (χ1v) is 11.4. The molecule has 0 aliphatic carbocycles. The molecule has 0 spiro atoms. The zero-order valence-electron chi connectivity index (χ0n) is 18.1. The van der Waals surface area contributed by atoms with Crippen LogP contribution in [0, 0.1) is 0 Å². The minimum Gasteiger partial charge on any atom is -0.368 e. The molecule has 6 unspecified atom stereocenters. The molecule has 0 aromatic carbocycles. The van der Waals surface area contributed by atoms with Gasteiger partial charge in [-0.1, -0.05) is 40.0 Å². The van der Waals surface area contributed by atoms with Crippen molar-refractivity contribution in [3.63, 3.8) is 0 Å². The fourth-order valence-corrected chi connectivity index (χ4v) is 4.33. The molecule has 0 N–H and O–H groups in total. The van der Waals surface area contributed by atoms with Gasteiger partial charge in [0.2, 0.25) is 0 Å². The molecule has 9 nitrogen and oxygen atoms in total. The fraction of sp³-hybridized carbons (Fsp3) is 0.857. The maximum Gasteiger partial charge on any atom is 0.336 e. The number of rotatable bonds is 12. The maximum absolute atomic E-state index is 13.1. The van der Waals surface area contributed by atoms with Crippen LogP contribution in [0.5, 0.6) is 0 Å². The number of hydrogen-bond donors (Lipinski definition) is 0. The van der Waals surface area contributed by atoms with E-state index in [9.17, 15) is 14.4 Å². The quantitative estimate of drug-likeness (QED) is 0.462. The molecule has 30 heavy (non-hydrogen) atoms. The van der Waals surface area contributed by atoms with Gasteiger partial charge in [-0.25, -0.2) is 28.1 Å². The monoisotopic (exact) mass is 423 g/mol. The van der Waals surface area contributed by atoms with Gasteiger partial charge in [0.15, 0.2) is 0 Å². The molecule has 0 saturated carbocycles. The lowest BCUT2D eigenvalue weighted by Gasteiger charge is -2.12. The van der Waals surface area contributed by atoms with Gasteiger partial charge in [0, 0.05) is 0 Å². The van der Waals surface area contributed by atoms with Crippen LogP contribution in [0.2, 0.25) is 0 Å². The second kappa shape index (κ2) is 8.80. The Labute approximate surface area is 175 Å². The third-order valence-electron chi connectivity index (χ3n) is 6.26. The summed E-state index contributed by atoms with van der Waals surface area (Å²) >= 11 is 0. The second-order valence-electron chi connectivity index (χ2n) is 8.68. The molecule has 3 aliphatic heterocycles. The van der Waals surface area contributed by atoms with Crippen LogP contribution in [0.1, 0.15) is 59.3 Å². The van der Waals surface area contributed by atoms with Gasteiger partial charge < -0.3 is 14.2 Å². The number of epoxide rings is 3. The number of hydrogen-bond acceptors (Lipinski definition) is 6. The standard InChI is InChI=1S/C21H33N3O6/c1-4-7-13-16(28-13)10-22-19(25)23(11-17-14(29-17)8-5-2)21(27)24(20(22)26)12-18-15(30-18)9-6-3/h13-18H,4-12H2,1-3H3. The van der Waals surface area contributed by atoms with Crippen molar-refractivity contribution in [1.29, 1.82) is 0 Å². The van der Waals surface area contributed by atoms with Gasteiger partial charge in [0.05, 0.1) is 37.9 Å². The summed E-state index contributed by atoms with van der Waals surface area (Å²) in [6.07, 6.45) is 5.44. The molecule has 9 heteroatoms. The molecule has 0 bridgehead atoms. The van der Waals surface area contributed by atoms with Crippen LogP contribution in [0.25, 0.3) is 0 Å². The molecule has 4 rings (SSSR count). The smallest absolute Gasteiger partial charge is 0.336 e. The van der Waals surface area contributed by atoms with E-state index in [-0.39, 0.29) is 56.3 Å². The lowest BCUT2D eigenvalue weighted by atomic mass is 10.2. The summed E-state index contributed by atoms with van der Waals surface area (Å²) in [4.78, 5) is 39.2. The molecule has 3 aliphatic rings. The highest BCUT2D eigenvalue weighted by atomic mass is 16.6. The second-order valence-corrected chi connectivity index (χ2v) is 8.68. The van der Waals surface area contributed by atoms with Gasteiger partial charge in [-0.3, -0.25) is 0 Å². The van der Waals surface area contributed by atoms with Crippen molar-refractivity contribution in [3.05, 3.63) is 31.5 Å². The summed E-state index contributed by atoms with van der Waals surface area (Å²) in [5.74, 6) is 0. The predicted octanol–water partition coefficient (Wildman–Crippen LogP) is 0.874. The fourth-order valence-electron chi connectivity index (χ4n) is 4.33. The van der Waals surface area contributed by atoms with Crippen molar-refractivity contribution >= 4 is 0 Å². The lowest BCUT2D eigenvalue weighted by Crippen LogP contribution is -2.56. The first-order chi connectivity index (χ1) is 14.5. The van der Waals surface area contributed by atoms with Crippen LogP contribution in [0.4, 0.5) is 0 Å². The molecular weight excluding hydrogens is 390 g/mol. The van der Waals surface area contributed by atoms with Crippen molar-refractivity contribution in [2.24, 2.45) is 0 Å². The van der Waals surface area contributed by atoms with Crippen LogP contribution >= 0.6 is 0 Å². The zero-order chi connectivity index (χ0) is 21.4. The summed E-state index contributed by atoms with van der Waals surface area (Å²) < 4.78 is 20.4. The molecule has 6 atom stereocenters. The van der Waals surface area contributed by atoms with Gasteiger partial charge in [0.1, 0.15) is 18.3 Å². The van der Waals surface area contributed by atoms with Crippen molar-refractivity contribution in [2.75, 3.05) is 0 Å². The van der Waals surface area contributed by atoms with Gasteiger partial charge >= 0.3 is 17.1 Å². The Balaban J connectivity index is 1.60. The molecule has 3 fully saturated rings. The third-order valence-corrected chi connectivity index (χ3v) is 6.26. The summed E-state index contributed by atoms with van der Waals surface area (Å²) in [7, 11) is 0. The van der Waals surface area contributed by atoms with Gasteiger partial charge in [-0.15, -0.1) is 0 Å². The van der Waals surface area contributed by atoms with Crippen LogP contribution in [0.3, 0.4) is 0 Å². The summed E-state index contributed by atoms with van der Waals surface area (Å²) in [6, 6.07) is 0. The Hall–Kier alpha value is -1.71. The third kappa shape index (κ3) is 4.48. The molecule has 1 aromatic heterocycles. The molecular formula is C21H33N3O6. The van der Waals surface area contributed by atoms with E-state index in [0.29, 0.717) is 0 Å². The van der Waals surface area contributed by atoms with Crippen LogP contribution < -0.4 is 17.1 Å². The van der Waals surface area contributed by atoms with E-state index >= 15 is 0 Å². The number of aromatic nitrogens is 3. The van der Waals surface area contributed by atoms with Gasteiger partial charge in [-0.05, 0) is 19.3 Å². The Morgan fingerprint density at radius 2 is 0.800 bits per heavy atom. The van der Waals surface area contributed by atoms with E-state index in [0.717, 1.165) is 52.2 Å². The SMILES string of the molecule is CCCC1OC1Cn1c(=O)n(CC2OC2CCC)c(=O)n(CC2OC2CCC)c1=O. The zero-order valence-corrected chi connectivity index (χ0v) is 18.1. The highest BCUT2D eigenvalue weighted by Gasteiger charge is 2.42. The van der Waals surface area contributed by atoms with E-state index in [1.54, 1.807) is 0 Å². The van der Waals surface area contributed by atoms with E-state index in [2.05, 4.69) is 20.8 Å². The number of nitrogens with zero attached hydrogens (tertiary/aromatic N) is 3. The maximum atomic E-state index is 13.1. The molecule has 3 saturated heterocycles. The number of ether oxygens (including phenoxy) is 3. The van der Waals surface area contributed by atoms with Gasteiger partial charge in [0.25, 0.3) is 0 Å². The summed E-state index contributed by atoms with van der Waals surface area (Å²) in [6.45, 7) is 6.75. The molecule has 0 amide bonds. The van der Waals surface area contributed by atoms with Crippen molar-refractivity contribution in [2.45, 2.75) is 116 Å². The average Bonchev–Trinajstić information content (AvgIpc) is 3.62. The van der Waals surface area contributed by atoms with E-state index in [4.69, 9.17) is 14.2 Å². The Kier molecular flexibility index (Phi) is 6.31. The van der Waals surface area contributed by atoms with Gasteiger partial charge in [-0.2, -0.15) is 0 Å². The minimum absolute atomic E-state index is 0.0801. The van der Waals surface area contributed by atoms with Crippen molar-refractivity contribution < 1.29 is 14.2 Å². The van der Waals surface area contributed by atoms with E-state index in [1.165, 1.54) is 0 Å². The van der Waals surface area contributed by atoms with Crippen molar-refractivity contribution in [3.8, 4) is 0 Å². The minimum atomic E-state index is -0.570. The highest BCUT2D eigenvalue weighted by Crippen LogP contribution is 2.29. The van der Waals surface area contributed by atoms with Crippen molar-refractivity contribution in [1.82, 2.24) is 13.7 Å². The summed E-state index contributed by atoms with van der Waals surface area (Å²) in [5, 5.41) is 0. The first kappa shape index (κ1) is 21.5. The summed E-state index contributed by atoms with van der Waals surface area (Å²) in [5.41, 5.74) is -1.71. The normalized spacial score (nSPS) is 31.7. The molecule has 0 radical (unpaired) electrons. The Morgan fingerprint density at radius 1 is 0.533 bits per heavy atom. The first-order valence-electron chi connectivity index (χ1n) is 11.4. The Bertz CT molecular complexity index is 785. The van der Waals surface area contributed by atoms with E-state index in [1.807, 2.05) is 0 Å². The van der Waals surface area contributed by atoms with E-state index < -0.39 is 17.1 Å². The molecule has 4 heterocycles. The average molecular weight is 424 g/mol. The van der Waals surface area contributed by atoms with Crippen LogP contribution in [-0.2, 0) is 33.8 Å². The van der Waals surface area contributed by atoms with Crippen LogP contribution in [-0.4, -0.2) is 50.3 Å². The highest BCUT2D eigenvalue weighted by molar-refractivity contribution is 4.92.